The molecule has 0 aromatic heterocycles. The molecule has 0 aromatic carbocycles. The maximum Gasteiger partial charge on any atom is 0.222 e. The van der Waals surface area contributed by atoms with Crippen molar-refractivity contribution in [2.45, 2.75) is 53.4 Å². The fraction of sp³-hybridized carbons (Fsp3) is 0.857. The fourth-order valence-corrected chi connectivity index (χ4v) is 2.55. The van der Waals surface area contributed by atoms with Gasteiger partial charge in [0.05, 0.1) is 0 Å². The molecule has 1 fully saturated rings. The van der Waals surface area contributed by atoms with Crippen molar-refractivity contribution in [1.29, 1.82) is 0 Å². The van der Waals surface area contributed by atoms with E-state index in [9.17, 15) is 9.59 Å². The van der Waals surface area contributed by atoms with Crippen LogP contribution in [-0.2, 0) is 9.59 Å². The molecule has 1 atom stereocenters. The Morgan fingerprint density at radius 1 is 1.29 bits per heavy atom. The molecule has 1 aliphatic rings. The van der Waals surface area contributed by atoms with E-state index < -0.39 is 0 Å². The third-order valence-corrected chi connectivity index (χ3v) is 3.16. The van der Waals surface area contributed by atoms with Crippen molar-refractivity contribution in [2.75, 3.05) is 13.1 Å². The van der Waals surface area contributed by atoms with Crippen LogP contribution in [0.4, 0.5) is 0 Å². The summed E-state index contributed by atoms with van der Waals surface area (Å²) >= 11 is 0. The average molecular weight is 239 g/mol. The van der Waals surface area contributed by atoms with E-state index in [4.69, 9.17) is 0 Å². The number of hydrogen-bond acceptors (Lipinski definition) is 2. The van der Waals surface area contributed by atoms with Crippen LogP contribution in [-0.4, -0.2) is 29.7 Å². The number of amides is 1. The summed E-state index contributed by atoms with van der Waals surface area (Å²) < 4.78 is 0. The quantitative estimate of drug-likeness (QED) is 0.759. The number of hydrogen-bond donors (Lipinski definition) is 0. The van der Waals surface area contributed by atoms with E-state index in [1.165, 1.54) is 0 Å². The number of likely N-dealkylation sites (tertiary alicyclic amines) is 1. The smallest absolute Gasteiger partial charge is 0.222 e. The molecule has 3 nitrogen and oxygen atoms in total. The van der Waals surface area contributed by atoms with Gasteiger partial charge in [-0.25, -0.2) is 0 Å². The molecule has 98 valence electrons. The standard InChI is InChI=1S/C14H25NO2/c1-11(10-14(2,3)4)9-13(17)15-7-5-12(16)6-8-15/h11H,5-10H2,1-4H3. The Kier molecular flexibility index (Phi) is 4.72. The lowest BCUT2D eigenvalue weighted by molar-refractivity contribution is -0.135. The summed E-state index contributed by atoms with van der Waals surface area (Å²) in [5, 5.41) is 0. The summed E-state index contributed by atoms with van der Waals surface area (Å²) in [7, 11) is 0. The lowest BCUT2D eigenvalue weighted by atomic mass is 9.84. The van der Waals surface area contributed by atoms with Crippen LogP contribution in [0.1, 0.15) is 53.4 Å². The fourth-order valence-electron chi connectivity index (χ4n) is 2.55. The van der Waals surface area contributed by atoms with Crippen molar-refractivity contribution in [3.63, 3.8) is 0 Å². The minimum Gasteiger partial charge on any atom is -0.342 e. The van der Waals surface area contributed by atoms with Crippen LogP contribution >= 0.6 is 0 Å². The molecule has 0 N–H and O–H groups in total. The van der Waals surface area contributed by atoms with Crippen molar-refractivity contribution in [2.24, 2.45) is 11.3 Å². The van der Waals surface area contributed by atoms with Gasteiger partial charge in [0.1, 0.15) is 5.78 Å². The molecule has 1 rings (SSSR count). The molecule has 0 aromatic rings. The van der Waals surface area contributed by atoms with E-state index in [0.717, 1.165) is 6.42 Å². The monoisotopic (exact) mass is 239 g/mol. The summed E-state index contributed by atoms with van der Waals surface area (Å²) in [6.45, 7) is 9.99. The first-order valence-corrected chi connectivity index (χ1v) is 6.57. The summed E-state index contributed by atoms with van der Waals surface area (Å²) in [6, 6.07) is 0. The second-order valence-corrected chi connectivity index (χ2v) is 6.49. The lowest BCUT2D eigenvalue weighted by Crippen LogP contribution is -2.39. The third-order valence-electron chi connectivity index (χ3n) is 3.16. The molecule has 0 bridgehead atoms. The molecule has 17 heavy (non-hydrogen) atoms. The highest BCUT2D eigenvalue weighted by Gasteiger charge is 2.23. The van der Waals surface area contributed by atoms with E-state index in [1.807, 2.05) is 4.90 Å². The number of ketones is 1. The second-order valence-electron chi connectivity index (χ2n) is 6.49. The summed E-state index contributed by atoms with van der Waals surface area (Å²) in [5.41, 5.74) is 0.275. The SMILES string of the molecule is CC(CC(=O)N1CCC(=O)CC1)CC(C)(C)C. The molecule has 3 heteroatoms. The minimum absolute atomic E-state index is 0.217. The maximum atomic E-state index is 12.0. The number of Topliss-reactive ketones (excluding diaryl/α,β-unsaturated/α-hetero) is 1. The van der Waals surface area contributed by atoms with Gasteiger partial charge in [0.2, 0.25) is 5.91 Å². The molecule has 1 heterocycles. The van der Waals surface area contributed by atoms with Crippen molar-refractivity contribution >= 4 is 11.7 Å². The Labute approximate surface area is 105 Å². The zero-order valence-electron chi connectivity index (χ0n) is 11.6. The van der Waals surface area contributed by atoms with Crippen LogP contribution in [0.3, 0.4) is 0 Å². The van der Waals surface area contributed by atoms with E-state index >= 15 is 0 Å². The van der Waals surface area contributed by atoms with Crippen LogP contribution in [0.25, 0.3) is 0 Å². The Bertz CT molecular complexity index is 281. The predicted octanol–water partition coefficient (Wildman–Crippen LogP) is 2.64. The van der Waals surface area contributed by atoms with Gasteiger partial charge in [-0.15, -0.1) is 0 Å². The van der Waals surface area contributed by atoms with Gasteiger partial charge in [0.15, 0.2) is 0 Å². The van der Waals surface area contributed by atoms with Gasteiger partial charge in [0.25, 0.3) is 0 Å². The minimum atomic E-state index is 0.217. The number of nitrogens with zero attached hydrogens (tertiary/aromatic N) is 1. The van der Waals surface area contributed by atoms with Crippen molar-refractivity contribution in [1.82, 2.24) is 4.90 Å². The highest BCUT2D eigenvalue weighted by Crippen LogP contribution is 2.26. The van der Waals surface area contributed by atoms with Gasteiger partial charge >= 0.3 is 0 Å². The molecule has 0 aliphatic carbocycles. The largest absolute Gasteiger partial charge is 0.342 e. The van der Waals surface area contributed by atoms with Gasteiger partial charge in [0, 0.05) is 32.4 Å². The van der Waals surface area contributed by atoms with Crippen LogP contribution in [0.2, 0.25) is 0 Å². The molecular formula is C14H25NO2. The molecule has 1 unspecified atom stereocenters. The zero-order chi connectivity index (χ0) is 13.1. The Morgan fingerprint density at radius 3 is 2.29 bits per heavy atom. The van der Waals surface area contributed by atoms with Crippen LogP contribution in [0.15, 0.2) is 0 Å². The van der Waals surface area contributed by atoms with E-state index in [2.05, 4.69) is 27.7 Å². The first-order chi connectivity index (χ1) is 7.78. The van der Waals surface area contributed by atoms with Crippen LogP contribution < -0.4 is 0 Å². The Hall–Kier alpha value is -0.860. The highest BCUT2D eigenvalue weighted by molar-refractivity contribution is 5.83. The molecule has 0 radical (unpaired) electrons. The summed E-state index contributed by atoms with van der Waals surface area (Å²) in [6.07, 6.45) is 2.76. The molecule has 1 amide bonds. The highest BCUT2D eigenvalue weighted by atomic mass is 16.2. The van der Waals surface area contributed by atoms with Gasteiger partial charge in [-0.3, -0.25) is 9.59 Å². The number of piperidine rings is 1. The van der Waals surface area contributed by atoms with Gasteiger partial charge in [-0.1, -0.05) is 27.7 Å². The Balaban J connectivity index is 2.36. The zero-order valence-corrected chi connectivity index (χ0v) is 11.6. The molecule has 1 aliphatic heterocycles. The first-order valence-electron chi connectivity index (χ1n) is 6.57. The van der Waals surface area contributed by atoms with Crippen molar-refractivity contribution in [3.05, 3.63) is 0 Å². The topological polar surface area (TPSA) is 37.4 Å². The predicted molar refractivity (Wildman–Crippen MR) is 68.7 cm³/mol. The van der Waals surface area contributed by atoms with Gasteiger partial charge in [-0.2, -0.15) is 0 Å². The molecular weight excluding hydrogens is 214 g/mol. The Morgan fingerprint density at radius 2 is 1.82 bits per heavy atom. The molecule has 0 spiro atoms. The number of carbonyl (C=O) groups excluding carboxylic acids is 2. The summed E-state index contributed by atoms with van der Waals surface area (Å²) in [4.78, 5) is 25.0. The van der Waals surface area contributed by atoms with Gasteiger partial charge < -0.3 is 4.90 Å². The first kappa shape index (κ1) is 14.2. The summed E-state index contributed by atoms with van der Waals surface area (Å²) in [5.74, 6) is 0.922. The van der Waals surface area contributed by atoms with E-state index in [0.29, 0.717) is 38.3 Å². The van der Waals surface area contributed by atoms with Crippen LogP contribution in [0, 0.1) is 11.3 Å². The lowest BCUT2D eigenvalue weighted by Gasteiger charge is -2.29. The normalized spacial score (nSPS) is 19.3. The van der Waals surface area contributed by atoms with Crippen molar-refractivity contribution in [3.8, 4) is 0 Å². The third kappa shape index (κ3) is 5.33. The molecule has 0 saturated carbocycles. The number of rotatable bonds is 3. The number of carbonyl (C=O) groups is 2. The second kappa shape index (κ2) is 5.65. The molecule has 1 saturated heterocycles. The van der Waals surface area contributed by atoms with Gasteiger partial charge in [-0.05, 0) is 17.8 Å². The van der Waals surface area contributed by atoms with Crippen LogP contribution in [0.5, 0.6) is 0 Å². The van der Waals surface area contributed by atoms with E-state index in [-0.39, 0.29) is 17.1 Å². The average Bonchev–Trinajstić information content (AvgIpc) is 2.15. The van der Waals surface area contributed by atoms with Crippen molar-refractivity contribution < 1.29 is 9.59 Å². The van der Waals surface area contributed by atoms with E-state index in [1.54, 1.807) is 0 Å². The maximum absolute atomic E-state index is 12.0.